The average Bonchev–Trinajstić information content (AvgIpc) is 3.21. The number of allylic oxidation sites excluding steroid dienone is 2. The first-order valence-electron chi connectivity index (χ1n) is 25.2. The summed E-state index contributed by atoms with van der Waals surface area (Å²) < 4.78 is 16.7. The van der Waals surface area contributed by atoms with Gasteiger partial charge >= 0.3 is 17.9 Å². The second kappa shape index (κ2) is 46.8. The number of carbonyl (C=O) groups is 3. The second-order valence-electron chi connectivity index (χ2n) is 17.1. The first kappa shape index (κ1) is 55.2. The summed E-state index contributed by atoms with van der Waals surface area (Å²) in [6.45, 7) is 6.59. The van der Waals surface area contributed by atoms with Gasteiger partial charge in [0.1, 0.15) is 13.2 Å². The van der Waals surface area contributed by atoms with Gasteiger partial charge in [-0.1, -0.05) is 226 Å². The minimum atomic E-state index is -0.765. The van der Waals surface area contributed by atoms with E-state index in [1.807, 2.05) is 0 Å². The van der Waals surface area contributed by atoms with Crippen LogP contribution in [0, 0.1) is 0 Å². The highest BCUT2D eigenvalue weighted by atomic mass is 16.6. The van der Waals surface area contributed by atoms with Gasteiger partial charge in [0.05, 0.1) is 0 Å². The molecule has 0 fully saturated rings. The zero-order valence-electron chi connectivity index (χ0n) is 38.4. The van der Waals surface area contributed by atoms with Crippen molar-refractivity contribution in [1.82, 2.24) is 0 Å². The second-order valence-corrected chi connectivity index (χ2v) is 17.1. The highest BCUT2D eigenvalue weighted by molar-refractivity contribution is 5.71. The van der Waals surface area contributed by atoms with Gasteiger partial charge < -0.3 is 14.2 Å². The quantitative estimate of drug-likeness (QED) is 0.0264. The fraction of sp³-hybridized carbons (Fsp3) is 0.902. The van der Waals surface area contributed by atoms with E-state index >= 15 is 0 Å². The number of rotatable bonds is 46. The molecule has 0 saturated carbocycles. The first-order chi connectivity index (χ1) is 28.0. The monoisotopic (exact) mass is 805 g/mol. The number of unbranched alkanes of at least 4 members (excludes halogenated alkanes) is 33. The Balaban J connectivity index is 4.16. The molecule has 6 nitrogen and oxygen atoms in total. The Morgan fingerprint density at radius 2 is 0.579 bits per heavy atom. The molecule has 0 spiro atoms. The van der Waals surface area contributed by atoms with Gasteiger partial charge in [-0.25, -0.2) is 0 Å². The predicted octanol–water partition coefficient (Wildman–Crippen LogP) is 16.2. The molecule has 1 atom stereocenters. The first-order valence-corrected chi connectivity index (χ1v) is 25.2. The van der Waals surface area contributed by atoms with Crippen molar-refractivity contribution < 1.29 is 28.6 Å². The highest BCUT2D eigenvalue weighted by Gasteiger charge is 2.19. The zero-order chi connectivity index (χ0) is 41.5. The Kier molecular flexibility index (Phi) is 45.3. The average molecular weight is 805 g/mol. The highest BCUT2D eigenvalue weighted by Crippen LogP contribution is 2.16. The van der Waals surface area contributed by atoms with Crippen molar-refractivity contribution in [3.63, 3.8) is 0 Å². The van der Waals surface area contributed by atoms with Crippen molar-refractivity contribution in [2.75, 3.05) is 13.2 Å². The molecule has 0 rings (SSSR count). The molecule has 0 aromatic rings. The van der Waals surface area contributed by atoms with Gasteiger partial charge in [0, 0.05) is 19.3 Å². The molecule has 0 saturated heterocycles. The lowest BCUT2D eigenvalue weighted by Gasteiger charge is -2.18. The summed E-state index contributed by atoms with van der Waals surface area (Å²) in [5, 5.41) is 0. The zero-order valence-corrected chi connectivity index (χ0v) is 38.4. The van der Waals surface area contributed by atoms with E-state index < -0.39 is 6.10 Å². The maximum atomic E-state index is 12.7. The number of hydrogen-bond acceptors (Lipinski definition) is 6. The van der Waals surface area contributed by atoms with Gasteiger partial charge in [-0.05, 0) is 44.9 Å². The van der Waals surface area contributed by atoms with Crippen molar-refractivity contribution in [3.8, 4) is 0 Å². The number of carbonyl (C=O) groups excluding carboxylic acids is 3. The van der Waals surface area contributed by atoms with E-state index in [1.54, 1.807) is 0 Å². The maximum absolute atomic E-state index is 12.7. The summed E-state index contributed by atoms with van der Waals surface area (Å²) in [6.07, 6.45) is 50.8. The van der Waals surface area contributed by atoms with Crippen LogP contribution in [0.25, 0.3) is 0 Å². The van der Waals surface area contributed by atoms with E-state index in [0.717, 1.165) is 64.2 Å². The van der Waals surface area contributed by atoms with Crippen LogP contribution in [0.3, 0.4) is 0 Å². The lowest BCUT2D eigenvalue weighted by molar-refractivity contribution is -0.167. The van der Waals surface area contributed by atoms with Crippen LogP contribution in [-0.4, -0.2) is 37.2 Å². The Hall–Kier alpha value is -1.85. The van der Waals surface area contributed by atoms with Crippen LogP contribution in [-0.2, 0) is 28.6 Å². The number of hydrogen-bond donors (Lipinski definition) is 0. The molecular weight excluding hydrogens is 709 g/mol. The van der Waals surface area contributed by atoms with Crippen LogP contribution < -0.4 is 0 Å². The smallest absolute Gasteiger partial charge is 0.306 e. The molecule has 0 aliphatic carbocycles. The fourth-order valence-corrected chi connectivity index (χ4v) is 7.44. The van der Waals surface area contributed by atoms with Gasteiger partial charge in [-0.2, -0.15) is 0 Å². The standard InChI is InChI=1S/C51H96O6/c1-4-7-10-13-16-18-20-22-24-25-26-27-28-30-31-33-35-38-41-44-50(53)56-47-48(46-55-49(52)43-40-37-15-12-9-6-3)57-51(54)45-42-39-36-34-32-29-23-21-19-17-14-11-8-5-2/h21,23,48H,4-20,22,24-47H2,1-3H3/b23-21-. The summed E-state index contributed by atoms with van der Waals surface area (Å²) in [5.74, 6) is -0.874. The van der Waals surface area contributed by atoms with E-state index in [2.05, 4.69) is 32.9 Å². The summed E-state index contributed by atoms with van der Waals surface area (Å²) >= 11 is 0. The number of esters is 3. The molecule has 336 valence electrons. The molecule has 0 N–H and O–H groups in total. The normalized spacial score (nSPS) is 12.0. The Labute approximate surface area is 354 Å². The third-order valence-corrected chi connectivity index (χ3v) is 11.3. The lowest BCUT2D eigenvalue weighted by atomic mass is 10.0. The third-order valence-electron chi connectivity index (χ3n) is 11.3. The summed E-state index contributed by atoms with van der Waals surface area (Å²) in [5.41, 5.74) is 0. The van der Waals surface area contributed by atoms with Crippen LogP contribution in [0.5, 0.6) is 0 Å². The molecule has 0 amide bonds. The molecule has 0 aliphatic rings. The van der Waals surface area contributed by atoms with Crippen molar-refractivity contribution in [2.45, 2.75) is 284 Å². The van der Waals surface area contributed by atoms with Gasteiger partial charge in [0.2, 0.25) is 0 Å². The van der Waals surface area contributed by atoms with Gasteiger partial charge in [-0.3, -0.25) is 14.4 Å². The maximum Gasteiger partial charge on any atom is 0.306 e. The Morgan fingerprint density at radius 3 is 0.877 bits per heavy atom. The Morgan fingerprint density at radius 1 is 0.333 bits per heavy atom. The van der Waals surface area contributed by atoms with E-state index in [9.17, 15) is 14.4 Å². The molecule has 0 aliphatic heterocycles. The number of ether oxygens (including phenoxy) is 3. The van der Waals surface area contributed by atoms with Crippen LogP contribution >= 0.6 is 0 Å². The van der Waals surface area contributed by atoms with Crippen molar-refractivity contribution >= 4 is 17.9 Å². The van der Waals surface area contributed by atoms with Crippen molar-refractivity contribution in [3.05, 3.63) is 12.2 Å². The topological polar surface area (TPSA) is 78.9 Å². The van der Waals surface area contributed by atoms with Gasteiger partial charge in [0.15, 0.2) is 6.10 Å². The molecule has 0 aromatic carbocycles. The minimum absolute atomic E-state index is 0.0692. The van der Waals surface area contributed by atoms with Crippen LogP contribution in [0.2, 0.25) is 0 Å². The molecule has 0 radical (unpaired) electrons. The molecule has 1 unspecified atom stereocenters. The lowest BCUT2D eigenvalue weighted by Crippen LogP contribution is -2.30. The van der Waals surface area contributed by atoms with Crippen LogP contribution in [0.1, 0.15) is 278 Å². The fourth-order valence-electron chi connectivity index (χ4n) is 7.44. The SMILES string of the molecule is CCCCCCC/C=C\CCCCCCCC(=O)OC(COC(=O)CCCCCCCC)COC(=O)CCCCCCCCCCCCCCCCCCCCC. The van der Waals surface area contributed by atoms with E-state index in [0.29, 0.717) is 19.3 Å². The minimum Gasteiger partial charge on any atom is -0.462 e. The van der Waals surface area contributed by atoms with E-state index in [-0.39, 0.29) is 31.1 Å². The third kappa shape index (κ3) is 45.1. The van der Waals surface area contributed by atoms with E-state index in [1.165, 1.54) is 173 Å². The largest absolute Gasteiger partial charge is 0.462 e. The molecule has 0 aromatic heterocycles. The van der Waals surface area contributed by atoms with Crippen LogP contribution in [0.4, 0.5) is 0 Å². The van der Waals surface area contributed by atoms with Crippen LogP contribution in [0.15, 0.2) is 12.2 Å². The summed E-state index contributed by atoms with van der Waals surface area (Å²) in [6, 6.07) is 0. The Bertz CT molecular complexity index is 885. The summed E-state index contributed by atoms with van der Waals surface area (Å²) in [4.78, 5) is 37.7. The van der Waals surface area contributed by atoms with E-state index in [4.69, 9.17) is 14.2 Å². The molecule has 57 heavy (non-hydrogen) atoms. The van der Waals surface area contributed by atoms with Gasteiger partial charge in [0.25, 0.3) is 0 Å². The molecule has 0 bridgehead atoms. The molecule has 0 heterocycles. The summed E-state index contributed by atoms with van der Waals surface area (Å²) in [7, 11) is 0. The van der Waals surface area contributed by atoms with Crippen molar-refractivity contribution in [2.24, 2.45) is 0 Å². The molecule has 6 heteroatoms. The van der Waals surface area contributed by atoms with Gasteiger partial charge in [-0.15, -0.1) is 0 Å². The predicted molar refractivity (Wildman–Crippen MR) is 243 cm³/mol. The molecular formula is C51H96O6. The van der Waals surface area contributed by atoms with Crippen molar-refractivity contribution in [1.29, 1.82) is 0 Å².